The lowest BCUT2D eigenvalue weighted by Crippen LogP contribution is -2.50. The number of likely N-dealkylation sites (N-methyl/N-ethyl adjacent to an activating group) is 2. The van der Waals surface area contributed by atoms with Crippen molar-refractivity contribution in [3.8, 4) is 11.1 Å². The Kier molecular flexibility index (Phi) is 6.06. The molecule has 1 atom stereocenters. The number of anilines is 3. The molecule has 0 amide bonds. The van der Waals surface area contributed by atoms with Gasteiger partial charge in [-0.25, -0.2) is 14.4 Å². The molecule has 162 valence electrons. The molecule has 1 unspecified atom stereocenters. The first kappa shape index (κ1) is 20.8. The van der Waals surface area contributed by atoms with Crippen molar-refractivity contribution in [3.05, 3.63) is 30.3 Å². The highest BCUT2D eigenvalue weighted by molar-refractivity contribution is 5.78. The third-order valence-corrected chi connectivity index (χ3v) is 6.39. The van der Waals surface area contributed by atoms with Crippen molar-refractivity contribution in [2.24, 2.45) is 0 Å². The Hall–Kier alpha value is -2.45. The first-order chi connectivity index (χ1) is 14.5. The number of benzene rings is 1. The van der Waals surface area contributed by atoms with Gasteiger partial charge in [0.1, 0.15) is 5.82 Å². The van der Waals surface area contributed by atoms with Crippen LogP contribution in [0.3, 0.4) is 0 Å². The second kappa shape index (κ2) is 8.73. The maximum atomic E-state index is 15.1. The van der Waals surface area contributed by atoms with E-state index in [1.165, 1.54) is 0 Å². The summed E-state index contributed by atoms with van der Waals surface area (Å²) >= 11 is 0. The first-order valence-corrected chi connectivity index (χ1v) is 10.7. The van der Waals surface area contributed by atoms with Gasteiger partial charge in [0.25, 0.3) is 0 Å². The number of nitrogens with one attached hydrogen (secondary N) is 1. The third-order valence-electron chi connectivity index (χ3n) is 6.39. The van der Waals surface area contributed by atoms with Crippen LogP contribution in [-0.4, -0.2) is 92.8 Å². The molecule has 0 aliphatic carbocycles. The Labute approximate surface area is 178 Å². The number of halogens is 1. The summed E-state index contributed by atoms with van der Waals surface area (Å²) in [6.45, 7) is 8.75. The summed E-state index contributed by atoms with van der Waals surface area (Å²) in [5.41, 5.74) is 3.05. The Morgan fingerprint density at radius 3 is 2.27 bits per heavy atom. The average molecular weight is 414 g/mol. The van der Waals surface area contributed by atoms with Crippen LogP contribution in [0.5, 0.6) is 0 Å². The van der Waals surface area contributed by atoms with Crippen molar-refractivity contribution in [1.82, 2.24) is 19.8 Å². The van der Waals surface area contributed by atoms with E-state index >= 15 is 4.39 Å². The predicted octanol–water partition coefficient (Wildman–Crippen LogP) is 2.22. The van der Waals surface area contributed by atoms with Gasteiger partial charge in [-0.15, -0.1) is 0 Å². The fourth-order valence-electron chi connectivity index (χ4n) is 4.14. The van der Waals surface area contributed by atoms with Crippen LogP contribution in [0.2, 0.25) is 0 Å². The molecule has 4 rings (SSSR count). The first-order valence-electron chi connectivity index (χ1n) is 10.7. The molecule has 7 nitrogen and oxygen atoms in total. The molecule has 1 aromatic carbocycles. The number of nitrogens with zero attached hydrogens (tertiary/aromatic N) is 6. The number of piperazine rings is 2. The van der Waals surface area contributed by atoms with Gasteiger partial charge in [-0.2, -0.15) is 0 Å². The van der Waals surface area contributed by atoms with Crippen LogP contribution in [-0.2, 0) is 0 Å². The summed E-state index contributed by atoms with van der Waals surface area (Å²) in [6.07, 6.45) is 3.46. The molecule has 8 heteroatoms. The van der Waals surface area contributed by atoms with Gasteiger partial charge in [-0.3, -0.25) is 0 Å². The zero-order valence-corrected chi connectivity index (χ0v) is 18.4. The highest BCUT2D eigenvalue weighted by Gasteiger charge is 2.24. The molecule has 0 spiro atoms. The summed E-state index contributed by atoms with van der Waals surface area (Å²) in [6, 6.07) is 3.96. The van der Waals surface area contributed by atoms with Gasteiger partial charge in [0, 0.05) is 82.4 Å². The van der Waals surface area contributed by atoms with Gasteiger partial charge in [0.05, 0.1) is 11.4 Å². The monoisotopic (exact) mass is 413 g/mol. The van der Waals surface area contributed by atoms with Crippen LogP contribution in [0.15, 0.2) is 24.5 Å². The number of hydrogen-bond acceptors (Lipinski definition) is 7. The normalized spacial score (nSPS) is 21.2. The number of hydrogen-bond donors (Lipinski definition) is 1. The van der Waals surface area contributed by atoms with E-state index in [4.69, 9.17) is 0 Å². The molecule has 2 fully saturated rings. The molecule has 3 heterocycles. The minimum atomic E-state index is -0.244. The van der Waals surface area contributed by atoms with Crippen molar-refractivity contribution in [2.45, 2.75) is 13.0 Å². The van der Waals surface area contributed by atoms with E-state index in [9.17, 15) is 0 Å². The topological polar surface area (TPSA) is 50.8 Å². The minimum Gasteiger partial charge on any atom is -0.386 e. The molecule has 2 aliphatic heterocycles. The van der Waals surface area contributed by atoms with Crippen molar-refractivity contribution < 1.29 is 4.39 Å². The average Bonchev–Trinajstić information content (AvgIpc) is 2.76. The van der Waals surface area contributed by atoms with Crippen molar-refractivity contribution >= 4 is 17.3 Å². The van der Waals surface area contributed by atoms with Gasteiger partial charge < -0.3 is 24.9 Å². The Morgan fingerprint density at radius 1 is 0.967 bits per heavy atom. The predicted molar refractivity (Wildman–Crippen MR) is 121 cm³/mol. The zero-order chi connectivity index (χ0) is 21.3. The van der Waals surface area contributed by atoms with Crippen LogP contribution >= 0.6 is 0 Å². The van der Waals surface area contributed by atoms with Crippen molar-refractivity contribution in [3.63, 3.8) is 0 Å². The second-order valence-electron chi connectivity index (χ2n) is 8.44. The van der Waals surface area contributed by atoms with Crippen LogP contribution in [0.25, 0.3) is 11.1 Å². The van der Waals surface area contributed by atoms with E-state index in [1.54, 1.807) is 18.5 Å². The molecule has 2 saturated heterocycles. The molecule has 0 saturated carbocycles. The molecule has 30 heavy (non-hydrogen) atoms. The summed E-state index contributed by atoms with van der Waals surface area (Å²) in [4.78, 5) is 18.1. The summed E-state index contributed by atoms with van der Waals surface area (Å²) in [5, 5.41) is 3.25. The third kappa shape index (κ3) is 4.20. The maximum Gasteiger partial charge on any atom is 0.225 e. The maximum absolute atomic E-state index is 15.1. The lowest BCUT2D eigenvalue weighted by atomic mass is 10.0. The highest BCUT2D eigenvalue weighted by Crippen LogP contribution is 2.34. The summed E-state index contributed by atoms with van der Waals surface area (Å²) in [7, 11) is 6.14. The Morgan fingerprint density at radius 2 is 1.63 bits per heavy atom. The lowest BCUT2D eigenvalue weighted by Gasteiger charge is -2.39. The van der Waals surface area contributed by atoms with E-state index in [1.807, 2.05) is 13.1 Å². The van der Waals surface area contributed by atoms with Crippen LogP contribution in [0.4, 0.5) is 21.7 Å². The smallest absolute Gasteiger partial charge is 0.225 e. The molecule has 2 aliphatic rings. The quantitative estimate of drug-likeness (QED) is 0.825. The summed E-state index contributed by atoms with van der Waals surface area (Å²) in [5.74, 6) is 0.468. The SMILES string of the molecule is CNc1cc(-c2cnc(N3CCN(C)CC3)nc2)c(F)cc1N1CCN(C)C(C)C1. The Balaban J connectivity index is 1.57. The van der Waals surface area contributed by atoms with E-state index in [-0.39, 0.29) is 5.82 Å². The molecule has 2 aromatic rings. The van der Waals surface area contributed by atoms with E-state index in [2.05, 4.69) is 55.9 Å². The Bertz CT molecular complexity index is 865. The van der Waals surface area contributed by atoms with Gasteiger partial charge in [0.2, 0.25) is 5.95 Å². The van der Waals surface area contributed by atoms with E-state index < -0.39 is 0 Å². The van der Waals surface area contributed by atoms with Crippen LogP contribution < -0.4 is 15.1 Å². The fraction of sp³-hybridized carbons (Fsp3) is 0.545. The molecule has 0 bridgehead atoms. The molecular formula is C22H32FN7. The van der Waals surface area contributed by atoms with Crippen molar-refractivity contribution in [1.29, 1.82) is 0 Å². The van der Waals surface area contributed by atoms with Gasteiger partial charge in [0.15, 0.2) is 0 Å². The highest BCUT2D eigenvalue weighted by atomic mass is 19.1. The van der Waals surface area contributed by atoms with Crippen LogP contribution in [0.1, 0.15) is 6.92 Å². The molecule has 0 radical (unpaired) electrons. The molecular weight excluding hydrogens is 381 g/mol. The number of rotatable bonds is 4. The van der Waals surface area contributed by atoms with Gasteiger partial charge >= 0.3 is 0 Å². The number of aromatic nitrogens is 2. The minimum absolute atomic E-state index is 0.244. The van der Waals surface area contributed by atoms with Crippen molar-refractivity contribution in [2.75, 3.05) is 82.1 Å². The largest absolute Gasteiger partial charge is 0.386 e. The summed E-state index contributed by atoms with van der Waals surface area (Å²) < 4.78 is 15.1. The van der Waals surface area contributed by atoms with Crippen LogP contribution in [0, 0.1) is 5.82 Å². The molecule has 1 aromatic heterocycles. The van der Waals surface area contributed by atoms with E-state index in [0.717, 1.165) is 57.2 Å². The standard InChI is InChI=1S/C22H32FN7/c1-16-15-30(10-7-28(16)4)21-12-19(23)18(11-20(21)24-2)17-13-25-22(26-14-17)29-8-5-27(3)6-9-29/h11-14,16,24H,5-10,15H2,1-4H3. The van der Waals surface area contributed by atoms with Gasteiger partial charge in [-0.1, -0.05) is 0 Å². The lowest BCUT2D eigenvalue weighted by molar-refractivity contribution is 0.234. The van der Waals surface area contributed by atoms with Gasteiger partial charge in [-0.05, 0) is 33.2 Å². The van der Waals surface area contributed by atoms with E-state index in [0.29, 0.717) is 23.1 Å². The molecule has 1 N–H and O–H groups in total. The fourth-order valence-corrected chi connectivity index (χ4v) is 4.14. The second-order valence-corrected chi connectivity index (χ2v) is 8.44. The zero-order valence-electron chi connectivity index (χ0n) is 18.4.